The number of aryl methyl sites for hydroxylation is 2. The molecular weight excluding hydrogens is 338 g/mol. The first kappa shape index (κ1) is 21.5. The summed E-state index contributed by atoms with van der Waals surface area (Å²) in [7, 11) is 0. The van der Waals surface area contributed by atoms with E-state index in [-0.39, 0.29) is 25.6 Å². The van der Waals surface area contributed by atoms with Gasteiger partial charge in [-0.05, 0) is 31.0 Å². The van der Waals surface area contributed by atoms with Crippen LogP contribution in [0.3, 0.4) is 0 Å². The molecule has 1 unspecified atom stereocenters. The Labute approximate surface area is 156 Å². The van der Waals surface area contributed by atoms with Crippen LogP contribution in [-0.2, 0) is 6.54 Å². The van der Waals surface area contributed by atoms with E-state index in [1.165, 1.54) is 5.56 Å². The molecule has 2 aromatic carbocycles. The van der Waals surface area contributed by atoms with Crippen LogP contribution in [0.5, 0.6) is 5.75 Å². The number of aliphatic hydroxyl groups is 2. The maximum absolute atomic E-state index is 10.3. The highest BCUT2D eigenvalue weighted by molar-refractivity contribution is 5.85. The fraction of sp³-hybridized carbons (Fsp3) is 0.400. The minimum absolute atomic E-state index is 0. The van der Waals surface area contributed by atoms with Crippen molar-refractivity contribution in [3.8, 4) is 5.75 Å². The Bertz CT molecular complexity index is 622. The Balaban J connectivity index is 0.00000312. The number of aliphatic hydroxyl groups excluding tert-OH is 2. The zero-order chi connectivity index (χ0) is 17.4. The van der Waals surface area contributed by atoms with Gasteiger partial charge in [-0.2, -0.15) is 0 Å². The Morgan fingerprint density at radius 3 is 2.44 bits per heavy atom. The number of hydrogen-bond acceptors (Lipinski definition) is 4. The summed E-state index contributed by atoms with van der Waals surface area (Å²) < 4.78 is 5.74. The lowest BCUT2D eigenvalue weighted by molar-refractivity contribution is 0.0588. The normalized spacial score (nSPS) is 11.9. The van der Waals surface area contributed by atoms with Crippen molar-refractivity contribution in [2.45, 2.75) is 26.5 Å². The van der Waals surface area contributed by atoms with E-state index in [4.69, 9.17) is 4.74 Å². The van der Waals surface area contributed by atoms with Gasteiger partial charge in [0.2, 0.25) is 0 Å². The predicted octanol–water partition coefficient (Wildman–Crippen LogP) is 2.96. The van der Waals surface area contributed by atoms with E-state index in [1.807, 2.05) is 61.2 Å². The average Bonchev–Trinajstić information content (AvgIpc) is 2.55. The molecule has 0 aliphatic carbocycles. The van der Waals surface area contributed by atoms with E-state index in [0.29, 0.717) is 19.6 Å². The summed E-state index contributed by atoms with van der Waals surface area (Å²) in [5, 5.41) is 19.5. The Morgan fingerprint density at radius 1 is 1.08 bits per heavy atom. The van der Waals surface area contributed by atoms with Gasteiger partial charge in [-0.25, -0.2) is 0 Å². The van der Waals surface area contributed by atoms with Crippen LogP contribution in [-0.4, -0.2) is 47.5 Å². The lowest BCUT2D eigenvalue weighted by Crippen LogP contribution is -2.37. The van der Waals surface area contributed by atoms with Crippen LogP contribution >= 0.6 is 12.4 Å². The zero-order valence-corrected chi connectivity index (χ0v) is 15.7. The molecule has 5 heteroatoms. The Kier molecular flexibility index (Phi) is 9.53. The molecule has 0 amide bonds. The highest BCUT2D eigenvalue weighted by atomic mass is 35.5. The fourth-order valence-corrected chi connectivity index (χ4v) is 2.72. The summed E-state index contributed by atoms with van der Waals surface area (Å²) in [6.45, 7) is 6.03. The quantitative estimate of drug-likeness (QED) is 0.717. The van der Waals surface area contributed by atoms with Gasteiger partial charge in [0, 0.05) is 19.6 Å². The van der Waals surface area contributed by atoms with E-state index in [0.717, 1.165) is 16.9 Å². The van der Waals surface area contributed by atoms with E-state index in [1.54, 1.807) is 0 Å². The van der Waals surface area contributed by atoms with Gasteiger partial charge in [0.1, 0.15) is 18.5 Å². The number of nitrogens with zero attached hydrogens (tertiary/aromatic N) is 1. The molecule has 4 nitrogen and oxygen atoms in total. The number of rotatable bonds is 9. The molecule has 0 aliphatic rings. The maximum atomic E-state index is 10.3. The van der Waals surface area contributed by atoms with E-state index in [9.17, 15) is 10.2 Å². The van der Waals surface area contributed by atoms with Gasteiger partial charge in [0.05, 0.1) is 6.61 Å². The first-order chi connectivity index (χ1) is 11.6. The molecule has 138 valence electrons. The third-order valence-corrected chi connectivity index (χ3v) is 3.90. The van der Waals surface area contributed by atoms with Crippen molar-refractivity contribution in [1.29, 1.82) is 0 Å². The molecule has 25 heavy (non-hydrogen) atoms. The van der Waals surface area contributed by atoms with Crippen LogP contribution < -0.4 is 4.74 Å². The standard InChI is InChI=1S/C20H27NO3.ClH/c1-16-8-9-20(17(2)12-16)24-15-19(23)14-21(10-11-22)13-18-6-4-3-5-7-18;/h3-9,12,19,22-23H,10-11,13-15H2,1-2H3;1H. The SMILES string of the molecule is Cc1ccc(OCC(O)CN(CCO)Cc2ccccc2)c(C)c1.Cl. The third-order valence-electron chi connectivity index (χ3n) is 3.90. The minimum Gasteiger partial charge on any atom is -0.491 e. The van der Waals surface area contributed by atoms with Crippen molar-refractivity contribution in [3.63, 3.8) is 0 Å². The van der Waals surface area contributed by atoms with Crippen molar-refractivity contribution in [1.82, 2.24) is 4.90 Å². The summed E-state index contributed by atoms with van der Waals surface area (Å²) in [5.74, 6) is 0.802. The number of ether oxygens (including phenoxy) is 1. The first-order valence-electron chi connectivity index (χ1n) is 8.33. The largest absolute Gasteiger partial charge is 0.491 e. The van der Waals surface area contributed by atoms with Gasteiger partial charge in [0.25, 0.3) is 0 Å². The monoisotopic (exact) mass is 365 g/mol. The molecule has 0 saturated carbocycles. The molecule has 0 aliphatic heterocycles. The van der Waals surface area contributed by atoms with Crippen LogP contribution in [0.1, 0.15) is 16.7 Å². The van der Waals surface area contributed by atoms with Crippen molar-refractivity contribution < 1.29 is 14.9 Å². The molecule has 0 saturated heterocycles. The van der Waals surface area contributed by atoms with Crippen molar-refractivity contribution in [3.05, 3.63) is 65.2 Å². The second-order valence-electron chi connectivity index (χ2n) is 6.18. The lowest BCUT2D eigenvalue weighted by atomic mass is 10.1. The second-order valence-corrected chi connectivity index (χ2v) is 6.18. The summed E-state index contributed by atoms with van der Waals surface area (Å²) in [6, 6.07) is 16.1. The van der Waals surface area contributed by atoms with Gasteiger partial charge in [-0.1, -0.05) is 48.0 Å². The molecule has 2 rings (SSSR count). The fourth-order valence-electron chi connectivity index (χ4n) is 2.72. The van der Waals surface area contributed by atoms with Crippen LogP contribution in [0.2, 0.25) is 0 Å². The smallest absolute Gasteiger partial charge is 0.122 e. The van der Waals surface area contributed by atoms with Crippen LogP contribution in [0.4, 0.5) is 0 Å². The van der Waals surface area contributed by atoms with Gasteiger partial charge < -0.3 is 14.9 Å². The molecule has 1 atom stereocenters. The van der Waals surface area contributed by atoms with Crippen molar-refractivity contribution in [2.75, 3.05) is 26.3 Å². The topological polar surface area (TPSA) is 52.9 Å². The summed E-state index contributed by atoms with van der Waals surface area (Å²) in [5.41, 5.74) is 3.42. The summed E-state index contributed by atoms with van der Waals surface area (Å²) in [4.78, 5) is 2.03. The molecule has 0 spiro atoms. The van der Waals surface area contributed by atoms with Crippen molar-refractivity contribution >= 4 is 12.4 Å². The van der Waals surface area contributed by atoms with Gasteiger partial charge in [-0.15, -0.1) is 12.4 Å². The molecule has 0 radical (unpaired) electrons. The molecule has 0 bridgehead atoms. The Hall–Kier alpha value is -1.59. The second kappa shape index (κ2) is 11.1. The molecule has 2 N–H and O–H groups in total. The highest BCUT2D eigenvalue weighted by Crippen LogP contribution is 2.19. The average molecular weight is 366 g/mol. The minimum atomic E-state index is -0.610. The van der Waals surface area contributed by atoms with E-state index >= 15 is 0 Å². The first-order valence-corrected chi connectivity index (χ1v) is 8.33. The number of hydrogen-bond donors (Lipinski definition) is 2. The molecular formula is C20H28ClNO3. The third kappa shape index (κ3) is 7.45. The zero-order valence-electron chi connectivity index (χ0n) is 14.9. The molecule has 2 aromatic rings. The summed E-state index contributed by atoms with van der Waals surface area (Å²) >= 11 is 0. The number of halogens is 1. The van der Waals surface area contributed by atoms with Gasteiger partial charge >= 0.3 is 0 Å². The van der Waals surface area contributed by atoms with Gasteiger partial charge in [-0.3, -0.25) is 4.90 Å². The predicted molar refractivity (Wildman–Crippen MR) is 103 cm³/mol. The summed E-state index contributed by atoms with van der Waals surface area (Å²) in [6.07, 6.45) is -0.610. The maximum Gasteiger partial charge on any atom is 0.122 e. The van der Waals surface area contributed by atoms with Crippen molar-refractivity contribution in [2.24, 2.45) is 0 Å². The van der Waals surface area contributed by atoms with Crippen LogP contribution in [0, 0.1) is 13.8 Å². The Morgan fingerprint density at radius 2 is 1.80 bits per heavy atom. The lowest BCUT2D eigenvalue weighted by Gasteiger charge is -2.24. The van der Waals surface area contributed by atoms with Gasteiger partial charge in [0.15, 0.2) is 0 Å². The van der Waals surface area contributed by atoms with Crippen LogP contribution in [0.15, 0.2) is 48.5 Å². The van der Waals surface area contributed by atoms with Crippen LogP contribution in [0.25, 0.3) is 0 Å². The molecule has 0 aromatic heterocycles. The highest BCUT2D eigenvalue weighted by Gasteiger charge is 2.13. The molecule has 0 heterocycles. The number of benzene rings is 2. The van der Waals surface area contributed by atoms with E-state index < -0.39 is 6.10 Å². The molecule has 0 fully saturated rings. The van der Waals surface area contributed by atoms with E-state index in [2.05, 4.69) is 6.07 Å².